The molecule has 0 radical (unpaired) electrons. The molecule has 0 aromatic heterocycles. The van der Waals surface area contributed by atoms with Crippen LogP contribution >= 0.6 is 11.6 Å². The third kappa shape index (κ3) is 2.85. The summed E-state index contributed by atoms with van der Waals surface area (Å²) in [6.07, 6.45) is 2.35. The molecule has 0 atom stereocenters. The van der Waals surface area contributed by atoms with E-state index in [0.29, 0.717) is 17.1 Å². The van der Waals surface area contributed by atoms with Crippen LogP contribution in [-0.2, 0) is 16.9 Å². The van der Waals surface area contributed by atoms with E-state index >= 15 is 0 Å². The third-order valence-electron chi connectivity index (χ3n) is 4.75. The highest BCUT2D eigenvalue weighted by molar-refractivity contribution is 6.31. The SMILES string of the molecule is O=C(O)C1CC(O)(c2cc(Cl)c(CN3CCCC3)cc2F)C1. The quantitative estimate of drug-likeness (QED) is 0.892. The minimum atomic E-state index is -1.41. The van der Waals surface area contributed by atoms with Crippen LogP contribution in [0.3, 0.4) is 0 Å². The number of rotatable bonds is 4. The number of benzene rings is 1. The van der Waals surface area contributed by atoms with E-state index in [1.807, 2.05) is 0 Å². The molecular weight excluding hydrogens is 309 g/mol. The summed E-state index contributed by atoms with van der Waals surface area (Å²) in [5.41, 5.74) is -0.592. The molecule has 3 rings (SSSR count). The van der Waals surface area contributed by atoms with Gasteiger partial charge in [0.05, 0.1) is 11.5 Å². The van der Waals surface area contributed by atoms with Gasteiger partial charge in [-0.25, -0.2) is 4.39 Å². The minimum Gasteiger partial charge on any atom is -0.481 e. The van der Waals surface area contributed by atoms with Gasteiger partial charge in [-0.3, -0.25) is 9.69 Å². The highest BCUT2D eigenvalue weighted by atomic mass is 35.5. The Labute approximate surface area is 133 Å². The fraction of sp³-hybridized carbons (Fsp3) is 0.562. The third-order valence-corrected chi connectivity index (χ3v) is 5.10. The first-order valence-corrected chi connectivity index (χ1v) is 7.93. The summed E-state index contributed by atoms with van der Waals surface area (Å²) in [5.74, 6) is -2.08. The van der Waals surface area contributed by atoms with Gasteiger partial charge in [0.15, 0.2) is 0 Å². The second-order valence-electron chi connectivity index (χ2n) is 6.38. The van der Waals surface area contributed by atoms with Crippen molar-refractivity contribution < 1.29 is 19.4 Å². The molecule has 0 bridgehead atoms. The van der Waals surface area contributed by atoms with E-state index in [-0.39, 0.29) is 18.4 Å². The molecule has 0 spiro atoms. The average Bonchev–Trinajstić information content (AvgIpc) is 2.91. The number of carboxylic acid groups (broad SMARTS) is 1. The summed E-state index contributed by atoms with van der Waals surface area (Å²) in [7, 11) is 0. The Morgan fingerprint density at radius 3 is 2.59 bits per heavy atom. The van der Waals surface area contributed by atoms with Crippen LogP contribution in [0.5, 0.6) is 0 Å². The van der Waals surface area contributed by atoms with Gasteiger partial charge in [0.1, 0.15) is 5.82 Å². The Balaban J connectivity index is 1.79. The lowest BCUT2D eigenvalue weighted by atomic mass is 9.67. The first kappa shape index (κ1) is 15.7. The van der Waals surface area contributed by atoms with E-state index in [0.717, 1.165) is 25.9 Å². The Bertz CT molecular complexity index is 595. The highest BCUT2D eigenvalue weighted by Crippen LogP contribution is 2.47. The van der Waals surface area contributed by atoms with Crippen molar-refractivity contribution >= 4 is 17.6 Å². The smallest absolute Gasteiger partial charge is 0.306 e. The Hall–Kier alpha value is -1.17. The molecule has 0 amide bonds. The van der Waals surface area contributed by atoms with Crippen molar-refractivity contribution in [1.82, 2.24) is 4.90 Å². The maximum Gasteiger partial charge on any atom is 0.306 e. The van der Waals surface area contributed by atoms with Crippen molar-refractivity contribution in [1.29, 1.82) is 0 Å². The summed E-state index contributed by atoms with van der Waals surface area (Å²) in [6, 6.07) is 2.84. The Morgan fingerprint density at radius 1 is 1.36 bits per heavy atom. The van der Waals surface area contributed by atoms with Crippen molar-refractivity contribution in [2.45, 2.75) is 37.8 Å². The van der Waals surface area contributed by atoms with Crippen LogP contribution in [0.15, 0.2) is 12.1 Å². The van der Waals surface area contributed by atoms with Gasteiger partial charge in [-0.15, -0.1) is 0 Å². The highest BCUT2D eigenvalue weighted by Gasteiger charge is 2.49. The molecule has 1 aromatic carbocycles. The van der Waals surface area contributed by atoms with Gasteiger partial charge in [-0.2, -0.15) is 0 Å². The number of hydrogen-bond acceptors (Lipinski definition) is 3. The van der Waals surface area contributed by atoms with Gasteiger partial charge in [-0.1, -0.05) is 11.6 Å². The topological polar surface area (TPSA) is 60.8 Å². The number of halogens is 2. The summed E-state index contributed by atoms with van der Waals surface area (Å²) >= 11 is 6.25. The van der Waals surface area contributed by atoms with Gasteiger partial charge in [-0.05, 0) is 56.5 Å². The van der Waals surface area contributed by atoms with Gasteiger partial charge >= 0.3 is 5.97 Å². The van der Waals surface area contributed by atoms with Crippen LogP contribution in [0.2, 0.25) is 5.02 Å². The van der Waals surface area contributed by atoms with Gasteiger partial charge < -0.3 is 10.2 Å². The second kappa shape index (κ2) is 5.80. The molecule has 1 aromatic rings. The summed E-state index contributed by atoms with van der Waals surface area (Å²) in [6.45, 7) is 2.58. The number of nitrogens with zero attached hydrogens (tertiary/aromatic N) is 1. The lowest BCUT2D eigenvalue weighted by molar-refractivity contribution is -0.159. The molecular formula is C16H19ClFNO3. The summed E-state index contributed by atoms with van der Waals surface area (Å²) in [5, 5.41) is 19.7. The van der Waals surface area contributed by atoms with E-state index in [1.54, 1.807) is 0 Å². The molecule has 2 fully saturated rings. The lowest BCUT2D eigenvalue weighted by Gasteiger charge is -2.42. The zero-order valence-corrected chi connectivity index (χ0v) is 12.9. The fourth-order valence-corrected chi connectivity index (χ4v) is 3.62. The molecule has 1 saturated carbocycles. The van der Waals surface area contributed by atoms with Crippen molar-refractivity contribution in [3.8, 4) is 0 Å². The van der Waals surface area contributed by atoms with Crippen LogP contribution < -0.4 is 0 Å². The van der Waals surface area contributed by atoms with E-state index in [1.165, 1.54) is 12.1 Å². The van der Waals surface area contributed by atoms with Gasteiger partial charge in [0.2, 0.25) is 0 Å². The maximum absolute atomic E-state index is 14.4. The fourth-order valence-electron chi connectivity index (χ4n) is 3.40. The predicted molar refractivity (Wildman–Crippen MR) is 80.2 cm³/mol. The Kier molecular flexibility index (Phi) is 4.14. The zero-order valence-electron chi connectivity index (χ0n) is 12.2. The van der Waals surface area contributed by atoms with Crippen LogP contribution in [0.25, 0.3) is 0 Å². The Morgan fingerprint density at radius 2 is 2.00 bits per heavy atom. The van der Waals surface area contributed by atoms with Crippen LogP contribution in [0, 0.1) is 11.7 Å². The number of hydrogen-bond donors (Lipinski definition) is 2. The predicted octanol–water partition coefficient (Wildman–Crippen LogP) is 2.76. The number of aliphatic carboxylic acids is 1. The molecule has 1 aliphatic carbocycles. The van der Waals surface area contributed by atoms with E-state index < -0.39 is 23.3 Å². The van der Waals surface area contributed by atoms with Gasteiger partial charge in [0.25, 0.3) is 0 Å². The normalized spacial score (nSPS) is 28.6. The standard InChI is InChI=1S/C16H19ClFNO3/c17-13-6-12(16(22)7-11(8-16)15(20)21)14(18)5-10(13)9-19-3-1-2-4-19/h5-6,11,22H,1-4,7-9H2,(H,20,21). The molecule has 2 aliphatic rings. The molecule has 120 valence electrons. The first-order valence-electron chi connectivity index (χ1n) is 7.55. The molecule has 6 heteroatoms. The monoisotopic (exact) mass is 327 g/mol. The number of carboxylic acids is 1. The summed E-state index contributed by atoms with van der Waals surface area (Å²) < 4.78 is 14.4. The lowest BCUT2D eigenvalue weighted by Crippen LogP contribution is -2.45. The number of likely N-dealkylation sites (tertiary alicyclic amines) is 1. The average molecular weight is 328 g/mol. The number of carbonyl (C=O) groups is 1. The van der Waals surface area contributed by atoms with E-state index in [2.05, 4.69) is 4.90 Å². The summed E-state index contributed by atoms with van der Waals surface area (Å²) in [4.78, 5) is 13.1. The molecule has 4 nitrogen and oxygen atoms in total. The minimum absolute atomic E-state index is 0.0288. The molecule has 1 aliphatic heterocycles. The van der Waals surface area contributed by atoms with E-state index in [4.69, 9.17) is 16.7 Å². The molecule has 1 saturated heterocycles. The molecule has 0 unspecified atom stereocenters. The van der Waals surface area contributed by atoms with Crippen molar-refractivity contribution in [3.05, 3.63) is 34.1 Å². The van der Waals surface area contributed by atoms with Crippen molar-refractivity contribution in [3.63, 3.8) is 0 Å². The van der Waals surface area contributed by atoms with Crippen molar-refractivity contribution in [2.24, 2.45) is 5.92 Å². The second-order valence-corrected chi connectivity index (χ2v) is 6.79. The number of aliphatic hydroxyl groups is 1. The van der Waals surface area contributed by atoms with E-state index in [9.17, 15) is 14.3 Å². The van der Waals surface area contributed by atoms with Crippen LogP contribution in [0.4, 0.5) is 4.39 Å². The van der Waals surface area contributed by atoms with Crippen LogP contribution in [-0.4, -0.2) is 34.2 Å². The molecule has 1 heterocycles. The maximum atomic E-state index is 14.4. The van der Waals surface area contributed by atoms with Crippen LogP contribution in [0.1, 0.15) is 36.8 Å². The van der Waals surface area contributed by atoms with Gasteiger partial charge in [0, 0.05) is 17.1 Å². The van der Waals surface area contributed by atoms with Crippen molar-refractivity contribution in [2.75, 3.05) is 13.1 Å². The largest absolute Gasteiger partial charge is 0.481 e. The first-order chi connectivity index (χ1) is 10.4. The zero-order chi connectivity index (χ0) is 15.9. The molecule has 2 N–H and O–H groups in total. The molecule has 22 heavy (non-hydrogen) atoms.